The SMILES string of the molecule is CCSc1ccc(CC(=O)Nc2ccc(-c3ccccc3)c(Oc3ccccc3F)c2)cc1. The summed E-state index contributed by atoms with van der Waals surface area (Å²) in [6, 6.07) is 29.4. The molecule has 3 nitrogen and oxygen atoms in total. The molecule has 0 spiro atoms. The first kappa shape index (κ1) is 22.6. The van der Waals surface area contributed by atoms with Crippen molar-refractivity contribution >= 4 is 23.4 Å². The number of para-hydroxylation sites is 1. The number of anilines is 1. The van der Waals surface area contributed by atoms with Gasteiger partial charge in [0.05, 0.1) is 6.42 Å². The van der Waals surface area contributed by atoms with Gasteiger partial charge in [-0.1, -0.05) is 61.5 Å². The third-order valence-electron chi connectivity index (χ3n) is 5.01. The average molecular weight is 458 g/mol. The quantitative estimate of drug-likeness (QED) is 0.277. The highest BCUT2D eigenvalue weighted by Crippen LogP contribution is 2.36. The van der Waals surface area contributed by atoms with Gasteiger partial charge in [-0.25, -0.2) is 4.39 Å². The number of benzene rings is 4. The molecular formula is C28H24FNO2S. The Labute approximate surface area is 197 Å². The molecule has 0 saturated carbocycles. The normalized spacial score (nSPS) is 10.6. The van der Waals surface area contributed by atoms with Crippen LogP contribution in [0.3, 0.4) is 0 Å². The third kappa shape index (κ3) is 6.02. The number of ether oxygens (including phenoxy) is 1. The second-order valence-corrected chi connectivity index (χ2v) is 8.75. The van der Waals surface area contributed by atoms with E-state index >= 15 is 0 Å². The first-order valence-electron chi connectivity index (χ1n) is 10.8. The summed E-state index contributed by atoms with van der Waals surface area (Å²) in [7, 11) is 0. The zero-order valence-corrected chi connectivity index (χ0v) is 19.1. The number of thioether (sulfide) groups is 1. The lowest BCUT2D eigenvalue weighted by Gasteiger charge is -2.14. The second kappa shape index (κ2) is 10.8. The van der Waals surface area contributed by atoms with Crippen molar-refractivity contribution in [2.24, 2.45) is 0 Å². The van der Waals surface area contributed by atoms with Gasteiger partial charge in [-0.15, -0.1) is 11.8 Å². The van der Waals surface area contributed by atoms with E-state index < -0.39 is 5.82 Å². The van der Waals surface area contributed by atoms with Gasteiger partial charge in [-0.05, 0) is 53.3 Å². The molecule has 0 unspecified atom stereocenters. The van der Waals surface area contributed by atoms with E-state index in [1.165, 1.54) is 11.0 Å². The lowest BCUT2D eigenvalue weighted by Crippen LogP contribution is -2.14. The van der Waals surface area contributed by atoms with Gasteiger partial charge in [-0.3, -0.25) is 4.79 Å². The number of carbonyl (C=O) groups excluding carboxylic acids is 1. The smallest absolute Gasteiger partial charge is 0.228 e. The van der Waals surface area contributed by atoms with Crippen LogP contribution in [0.25, 0.3) is 11.1 Å². The fraction of sp³-hybridized carbons (Fsp3) is 0.107. The van der Waals surface area contributed by atoms with Crippen LogP contribution in [-0.2, 0) is 11.2 Å². The minimum Gasteiger partial charge on any atom is -0.454 e. The molecule has 0 fully saturated rings. The third-order valence-corrected chi connectivity index (χ3v) is 5.90. The minimum absolute atomic E-state index is 0.128. The standard InChI is InChI=1S/C28H24FNO2S/c1-2-33-23-15-12-20(13-16-23)18-28(31)30-22-14-17-24(21-8-4-3-5-9-21)27(19-22)32-26-11-7-6-10-25(26)29/h3-17,19H,2,18H2,1H3,(H,30,31). The molecule has 0 heterocycles. The molecule has 0 atom stereocenters. The van der Waals surface area contributed by atoms with E-state index in [2.05, 4.69) is 12.2 Å². The number of rotatable bonds is 8. The van der Waals surface area contributed by atoms with Crippen molar-refractivity contribution in [1.82, 2.24) is 0 Å². The summed E-state index contributed by atoms with van der Waals surface area (Å²) in [5.74, 6) is 1.02. The Bertz CT molecular complexity index is 1230. The summed E-state index contributed by atoms with van der Waals surface area (Å²) in [5, 5.41) is 2.93. The van der Waals surface area contributed by atoms with Crippen LogP contribution in [0.15, 0.2) is 102 Å². The van der Waals surface area contributed by atoms with Crippen molar-refractivity contribution in [3.63, 3.8) is 0 Å². The molecule has 4 aromatic carbocycles. The fourth-order valence-corrected chi connectivity index (χ4v) is 4.11. The fourth-order valence-electron chi connectivity index (χ4n) is 3.45. The molecule has 5 heteroatoms. The monoisotopic (exact) mass is 457 g/mol. The molecule has 0 bridgehead atoms. The highest BCUT2D eigenvalue weighted by molar-refractivity contribution is 7.99. The van der Waals surface area contributed by atoms with E-state index in [-0.39, 0.29) is 18.1 Å². The van der Waals surface area contributed by atoms with Gasteiger partial charge in [0, 0.05) is 22.2 Å². The maximum atomic E-state index is 14.2. The van der Waals surface area contributed by atoms with Gasteiger partial charge in [0.1, 0.15) is 5.75 Å². The molecule has 0 saturated heterocycles. The van der Waals surface area contributed by atoms with E-state index in [1.807, 2.05) is 66.7 Å². The zero-order chi connectivity index (χ0) is 23.0. The van der Waals surface area contributed by atoms with Crippen LogP contribution < -0.4 is 10.1 Å². The highest BCUT2D eigenvalue weighted by atomic mass is 32.2. The van der Waals surface area contributed by atoms with Crippen molar-refractivity contribution in [3.8, 4) is 22.6 Å². The van der Waals surface area contributed by atoms with Gasteiger partial charge < -0.3 is 10.1 Å². The van der Waals surface area contributed by atoms with Crippen molar-refractivity contribution in [2.75, 3.05) is 11.1 Å². The summed E-state index contributed by atoms with van der Waals surface area (Å²) >= 11 is 1.77. The first-order valence-corrected chi connectivity index (χ1v) is 11.7. The highest BCUT2D eigenvalue weighted by Gasteiger charge is 2.13. The lowest BCUT2D eigenvalue weighted by molar-refractivity contribution is -0.115. The molecule has 0 radical (unpaired) electrons. The molecule has 1 N–H and O–H groups in total. The molecule has 166 valence electrons. The topological polar surface area (TPSA) is 38.3 Å². The largest absolute Gasteiger partial charge is 0.454 e. The number of carbonyl (C=O) groups is 1. The average Bonchev–Trinajstić information content (AvgIpc) is 2.83. The molecule has 4 aromatic rings. The van der Waals surface area contributed by atoms with Gasteiger partial charge in [-0.2, -0.15) is 0 Å². The molecule has 1 amide bonds. The molecular weight excluding hydrogens is 433 g/mol. The minimum atomic E-state index is -0.448. The van der Waals surface area contributed by atoms with E-state index in [1.54, 1.807) is 36.0 Å². The molecule has 33 heavy (non-hydrogen) atoms. The molecule has 0 aliphatic heterocycles. The zero-order valence-electron chi connectivity index (χ0n) is 18.3. The predicted molar refractivity (Wildman–Crippen MR) is 134 cm³/mol. The Morgan fingerprint density at radius 2 is 1.61 bits per heavy atom. The van der Waals surface area contributed by atoms with Crippen molar-refractivity contribution in [3.05, 3.63) is 108 Å². The van der Waals surface area contributed by atoms with Crippen molar-refractivity contribution in [2.45, 2.75) is 18.2 Å². The maximum absolute atomic E-state index is 14.2. The van der Waals surface area contributed by atoms with E-state index in [4.69, 9.17) is 4.74 Å². The Morgan fingerprint density at radius 3 is 2.33 bits per heavy atom. The molecule has 0 aromatic heterocycles. The van der Waals surface area contributed by atoms with Crippen molar-refractivity contribution in [1.29, 1.82) is 0 Å². The molecule has 4 rings (SSSR count). The summed E-state index contributed by atoms with van der Waals surface area (Å²) in [6.07, 6.45) is 0.265. The van der Waals surface area contributed by atoms with Gasteiger partial charge in [0.15, 0.2) is 11.6 Å². The van der Waals surface area contributed by atoms with E-state index in [0.717, 1.165) is 22.4 Å². The van der Waals surface area contributed by atoms with Crippen LogP contribution in [0.4, 0.5) is 10.1 Å². The van der Waals surface area contributed by atoms with Crippen LogP contribution >= 0.6 is 11.8 Å². The first-order chi connectivity index (χ1) is 16.1. The Balaban J connectivity index is 1.56. The Kier molecular flexibility index (Phi) is 7.43. The second-order valence-electron chi connectivity index (χ2n) is 7.41. The van der Waals surface area contributed by atoms with Gasteiger partial charge >= 0.3 is 0 Å². The Morgan fingerprint density at radius 1 is 0.879 bits per heavy atom. The van der Waals surface area contributed by atoms with Crippen LogP contribution in [0.5, 0.6) is 11.5 Å². The van der Waals surface area contributed by atoms with Gasteiger partial charge in [0.2, 0.25) is 5.91 Å². The summed E-state index contributed by atoms with van der Waals surface area (Å²) in [4.78, 5) is 13.8. The van der Waals surface area contributed by atoms with Crippen molar-refractivity contribution < 1.29 is 13.9 Å². The number of nitrogens with one attached hydrogen (secondary N) is 1. The molecule has 0 aliphatic carbocycles. The van der Waals surface area contributed by atoms with Crippen LogP contribution in [0, 0.1) is 5.82 Å². The molecule has 0 aliphatic rings. The van der Waals surface area contributed by atoms with E-state index in [0.29, 0.717) is 11.4 Å². The number of amides is 1. The summed E-state index contributed by atoms with van der Waals surface area (Å²) in [6.45, 7) is 2.11. The summed E-state index contributed by atoms with van der Waals surface area (Å²) in [5.41, 5.74) is 3.27. The summed E-state index contributed by atoms with van der Waals surface area (Å²) < 4.78 is 20.2. The number of halogens is 1. The number of hydrogen-bond donors (Lipinski definition) is 1. The van der Waals surface area contributed by atoms with E-state index in [9.17, 15) is 9.18 Å². The maximum Gasteiger partial charge on any atom is 0.228 e. The van der Waals surface area contributed by atoms with Gasteiger partial charge in [0.25, 0.3) is 0 Å². The van der Waals surface area contributed by atoms with Crippen LogP contribution in [0.2, 0.25) is 0 Å². The lowest BCUT2D eigenvalue weighted by atomic mass is 10.0. The predicted octanol–water partition coefficient (Wildman–Crippen LogP) is 7.58. The Hall–Kier alpha value is -3.57. The van der Waals surface area contributed by atoms with Crippen LogP contribution in [-0.4, -0.2) is 11.7 Å². The van der Waals surface area contributed by atoms with Crippen LogP contribution in [0.1, 0.15) is 12.5 Å². The number of hydrogen-bond acceptors (Lipinski definition) is 3.